The lowest BCUT2D eigenvalue weighted by Crippen LogP contribution is -2.68. The van der Waals surface area contributed by atoms with Crippen molar-refractivity contribution in [2.75, 3.05) is 7.11 Å². The third kappa shape index (κ3) is 9.73. The van der Waals surface area contributed by atoms with Crippen LogP contribution < -0.4 is 0 Å². The van der Waals surface area contributed by atoms with Crippen LogP contribution in [-0.2, 0) is 47.0 Å². The van der Waals surface area contributed by atoms with Gasteiger partial charge in [-0.05, 0) is 68.4 Å². The zero-order valence-electron chi connectivity index (χ0n) is 31.7. The third-order valence-electron chi connectivity index (χ3n) is 10.2. The van der Waals surface area contributed by atoms with E-state index < -0.39 is 70.7 Å². The highest BCUT2D eigenvalue weighted by Crippen LogP contribution is 2.49. The smallest absolute Gasteiger partial charge is 0.339 e. The molecule has 0 saturated carbocycles. The van der Waals surface area contributed by atoms with E-state index in [0.29, 0.717) is 0 Å². The zero-order valence-corrected chi connectivity index (χ0v) is 33.7. The molecule has 1 heterocycles. The number of ether oxygens (including phenoxy) is 4. The molecule has 268 valence electrons. The molecule has 46 heavy (non-hydrogen) atoms. The Kier molecular flexibility index (Phi) is 14.9. The van der Waals surface area contributed by atoms with Crippen LogP contribution in [0.3, 0.4) is 0 Å². The van der Waals surface area contributed by atoms with E-state index in [1.165, 1.54) is 14.0 Å². The van der Waals surface area contributed by atoms with E-state index in [9.17, 15) is 19.2 Å². The first-order valence-corrected chi connectivity index (χ1v) is 21.8. The summed E-state index contributed by atoms with van der Waals surface area (Å²) in [5.41, 5.74) is -0.516. The summed E-state index contributed by atoms with van der Waals surface area (Å²) < 4.78 is 38.1. The normalized spacial score (nSPS) is 23.2. The molecule has 0 aromatic carbocycles. The van der Waals surface area contributed by atoms with Crippen molar-refractivity contribution in [3.8, 4) is 0 Å². The lowest BCUT2D eigenvalue weighted by atomic mass is 9.95. The monoisotopic (exact) mass is 688 g/mol. The van der Waals surface area contributed by atoms with E-state index in [-0.39, 0.29) is 46.2 Å². The minimum atomic E-state index is -2.73. The van der Waals surface area contributed by atoms with Crippen molar-refractivity contribution in [1.82, 2.24) is 0 Å². The van der Waals surface area contributed by atoms with Crippen molar-refractivity contribution >= 4 is 40.3 Å². The van der Waals surface area contributed by atoms with Crippen LogP contribution in [0, 0.1) is 11.3 Å². The number of methoxy groups -OCH3 is 1. The molecule has 0 aliphatic carbocycles. The summed E-state index contributed by atoms with van der Waals surface area (Å²) >= 11 is 0. The Morgan fingerprint density at radius 2 is 1.24 bits per heavy atom. The summed E-state index contributed by atoms with van der Waals surface area (Å²) in [6.07, 6.45) is -6.59. The van der Waals surface area contributed by atoms with Crippen molar-refractivity contribution in [3.63, 3.8) is 0 Å². The first-order chi connectivity index (χ1) is 20.8. The fourth-order valence-corrected chi connectivity index (χ4v) is 14.2. The highest BCUT2D eigenvalue weighted by molar-refractivity contribution is 6.77. The van der Waals surface area contributed by atoms with Crippen molar-refractivity contribution in [3.05, 3.63) is 0 Å². The highest BCUT2D eigenvalue weighted by atomic mass is 28.4. The Morgan fingerprint density at radius 1 is 0.739 bits per heavy atom. The van der Waals surface area contributed by atoms with Gasteiger partial charge in [-0.15, -0.1) is 0 Å². The molecular weight excluding hydrogens is 625 g/mol. The van der Waals surface area contributed by atoms with Crippen molar-refractivity contribution in [2.45, 2.75) is 175 Å². The highest BCUT2D eigenvalue weighted by Gasteiger charge is 2.60. The molecule has 1 aliphatic rings. The van der Waals surface area contributed by atoms with E-state index >= 15 is 0 Å². The first kappa shape index (κ1) is 42.4. The molecule has 1 saturated heterocycles. The number of ketones is 1. The topological polar surface area (TPSA) is 124 Å². The third-order valence-corrected chi connectivity index (χ3v) is 20.8. The number of rotatable bonds is 15. The minimum Gasteiger partial charge on any atom is -0.467 e. The molecule has 5 atom stereocenters. The average Bonchev–Trinajstić information content (AvgIpc) is 2.90. The Bertz CT molecular complexity index is 1040. The molecule has 12 heteroatoms. The standard InChI is InChI=1S/C34H64O10Si2/c1-20(2)34(13,14)45(16,17)44-31-29(43-46(21(3)4,22(5)6)23(7)8)27(42-32(38)33(10,11)12)26(28(41-31)30(37)39-15)40-25(36)19-18-24(9)35/h20-23,26-29,31H,18-19H2,1-17H3/t26-,27-,28+,29+,31+/m0/s1. The van der Waals surface area contributed by atoms with Gasteiger partial charge in [-0.1, -0.05) is 69.2 Å². The van der Waals surface area contributed by atoms with Gasteiger partial charge in [0.05, 0.1) is 18.9 Å². The molecule has 1 rings (SSSR count). The van der Waals surface area contributed by atoms with Crippen LogP contribution in [0.5, 0.6) is 0 Å². The van der Waals surface area contributed by atoms with E-state index in [1.54, 1.807) is 20.8 Å². The van der Waals surface area contributed by atoms with Gasteiger partial charge in [0.25, 0.3) is 0 Å². The summed E-state index contributed by atoms with van der Waals surface area (Å²) in [7, 11) is -4.19. The summed E-state index contributed by atoms with van der Waals surface area (Å²) in [6.45, 7) is 32.2. The zero-order chi connectivity index (χ0) is 36.2. The van der Waals surface area contributed by atoms with Crippen LogP contribution >= 0.6 is 0 Å². The molecule has 0 aromatic rings. The predicted octanol–water partition coefficient (Wildman–Crippen LogP) is 7.34. The van der Waals surface area contributed by atoms with Gasteiger partial charge in [-0.3, -0.25) is 9.59 Å². The quantitative estimate of drug-likeness (QED) is 0.0981. The molecule has 0 unspecified atom stereocenters. The van der Waals surface area contributed by atoms with Crippen molar-refractivity contribution < 1.29 is 47.0 Å². The van der Waals surface area contributed by atoms with E-state index in [1.807, 2.05) is 0 Å². The maximum atomic E-state index is 13.6. The fraction of sp³-hybridized carbons (Fsp3) is 0.882. The summed E-state index contributed by atoms with van der Waals surface area (Å²) in [5, 5.41) is -0.238. The van der Waals surface area contributed by atoms with Gasteiger partial charge in [0, 0.05) is 6.42 Å². The number of esters is 3. The molecule has 1 fully saturated rings. The lowest BCUT2D eigenvalue weighted by molar-refractivity contribution is -0.281. The summed E-state index contributed by atoms with van der Waals surface area (Å²) in [4.78, 5) is 51.8. The lowest BCUT2D eigenvalue weighted by Gasteiger charge is -2.53. The van der Waals surface area contributed by atoms with Gasteiger partial charge < -0.3 is 32.6 Å². The molecule has 0 radical (unpaired) electrons. The van der Waals surface area contributed by atoms with E-state index in [0.717, 1.165) is 0 Å². The number of carbonyl (C=O) groups is 4. The SMILES string of the molecule is COC(=O)[C@@H]1O[C@H](O[Si](C)(C)C(C)(C)C(C)C)[C@H](O[Si](C(C)C)(C(C)C)C(C)C)[C@@H](OC(=O)C(C)(C)C)[C@@H]1OC(=O)CCC(C)=O. The van der Waals surface area contributed by atoms with Crippen molar-refractivity contribution in [2.24, 2.45) is 11.3 Å². The van der Waals surface area contributed by atoms with Gasteiger partial charge in [0.2, 0.25) is 8.32 Å². The van der Waals surface area contributed by atoms with E-state index in [4.69, 9.17) is 27.8 Å². The van der Waals surface area contributed by atoms with Gasteiger partial charge in [-0.2, -0.15) is 0 Å². The second-order valence-electron chi connectivity index (χ2n) is 16.1. The van der Waals surface area contributed by atoms with Gasteiger partial charge >= 0.3 is 17.9 Å². The predicted molar refractivity (Wildman–Crippen MR) is 183 cm³/mol. The number of carbonyl (C=O) groups excluding carboxylic acids is 4. The average molecular weight is 689 g/mol. The fourth-order valence-electron chi connectivity index (χ4n) is 6.17. The minimum absolute atomic E-state index is 0.0401. The Morgan fingerprint density at radius 3 is 1.63 bits per heavy atom. The molecule has 0 bridgehead atoms. The molecule has 1 aliphatic heterocycles. The Labute approximate surface area is 280 Å². The van der Waals surface area contributed by atoms with Crippen LogP contribution in [0.25, 0.3) is 0 Å². The summed E-state index contributed by atoms with van der Waals surface area (Å²) in [6, 6.07) is 0. The van der Waals surface area contributed by atoms with Crippen LogP contribution in [0.4, 0.5) is 0 Å². The molecule has 0 amide bonds. The second kappa shape index (κ2) is 16.2. The van der Waals surface area contributed by atoms with Gasteiger partial charge in [-0.25, -0.2) is 4.79 Å². The van der Waals surface area contributed by atoms with Crippen LogP contribution in [-0.4, -0.2) is 78.1 Å². The maximum Gasteiger partial charge on any atom is 0.339 e. The van der Waals surface area contributed by atoms with Crippen LogP contribution in [0.1, 0.15) is 110 Å². The Balaban J connectivity index is 4.10. The molecular formula is C34H64O10Si2. The second-order valence-corrected chi connectivity index (χ2v) is 26.1. The number of Topliss-reactive ketones (excluding diaryl/α,β-unsaturated/α-hetero) is 1. The van der Waals surface area contributed by atoms with Gasteiger partial charge in [0.15, 0.2) is 32.9 Å². The number of hydrogen-bond acceptors (Lipinski definition) is 10. The first-order valence-electron chi connectivity index (χ1n) is 16.8. The van der Waals surface area contributed by atoms with E-state index in [2.05, 4.69) is 82.3 Å². The maximum absolute atomic E-state index is 13.6. The molecule has 10 nitrogen and oxygen atoms in total. The number of hydrogen-bond donors (Lipinski definition) is 0. The molecule has 0 aromatic heterocycles. The largest absolute Gasteiger partial charge is 0.467 e. The molecule has 0 spiro atoms. The van der Waals surface area contributed by atoms with Crippen LogP contribution in [0.15, 0.2) is 0 Å². The summed E-state index contributed by atoms with van der Waals surface area (Å²) in [5.74, 6) is -2.04. The Hall–Kier alpha value is -1.61. The van der Waals surface area contributed by atoms with Crippen molar-refractivity contribution in [1.29, 1.82) is 0 Å². The molecule has 0 N–H and O–H groups in total. The van der Waals surface area contributed by atoms with Gasteiger partial charge in [0.1, 0.15) is 11.9 Å². The van der Waals surface area contributed by atoms with Crippen LogP contribution in [0.2, 0.25) is 34.8 Å².